The van der Waals surface area contributed by atoms with Crippen molar-refractivity contribution in [2.24, 2.45) is 0 Å². The molecule has 0 heterocycles. The molecule has 0 unspecified atom stereocenters. The highest BCUT2D eigenvalue weighted by Crippen LogP contribution is 2.28. The molecule has 26 heavy (non-hydrogen) atoms. The second-order valence-electron chi connectivity index (χ2n) is 6.11. The third kappa shape index (κ3) is 5.29. The van der Waals surface area contributed by atoms with Gasteiger partial charge in [-0.2, -0.15) is 0 Å². The summed E-state index contributed by atoms with van der Waals surface area (Å²) in [6.45, 7) is 3.26. The molecule has 0 atom stereocenters. The summed E-state index contributed by atoms with van der Waals surface area (Å²) in [6, 6.07) is 12.2. The standard InChI is InChI=1S/C19H23N3O4/c1-4-26-18-10-9-16(11-17(18)22(24)25)19(23)20-12-14-5-7-15(8-6-14)13-21(2)3/h5-11H,4,12-13H2,1-3H3,(H,20,23). The van der Waals surface area contributed by atoms with Crippen LogP contribution in [0.3, 0.4) is 0 Å². The van der Waals surface area contributed by atoms with E-state index in [0.717, 1.165) is 12.1 Å². The van der Waals surface area contributed by atoms with E-state index in [0.29, 0.717) is 13.2 Å². The summed E-state index contributed by atoms with van der Waals surface area (Å²) in [5.41, 5.74) is 2.16. The van der Waals surface area contributed by atoms with Crippen LogP contribution in [0.1, 0.15) is 28.4 Å². The summed E-state index contributed by atoms with van der Waals surface area (Å²) in [5.74, 6) is -0.209. The number of carbonyl (C=O) groups is 1. The van der Waals surface area contributed by atoms with Gasteiger partial charge in [-0.3, -0.25) is 14.9 Å². The predicted octanol–water partition coefficient (Wildman–Crippen LogP) is 2.99. The highest BCUT2D eigenvalue weighted by atomic mass is 16.6. The maximum Gasteiger partial charge on any atom is 0.311 e. The van der Waals surface area contributed by atoms with Crippen molar-refractivity contribution in [3.63, 3.8) is 0 Å². The Kier molecular flexibility index (Phi) is 6.68. The molecule has 7 heteroatoms. The Bertz CT molecular complexity index is 773. The van der Waals surface area contributed by atoms with Crippen LogP contribution in [-0.4, -0.2) is 36.4 Å². The van der Waals surface area contributed by atoms with Crippen LogP contribution in [0.25, 0.3) is 0 Å². The number of hydrogen-bond acceptors (Lipinski definition) is 5. The van der Waals surface area contributed by atoms with Gasteiger partial charge in [-0.15, -0.1) is 0 Å². The third-order valence-electron chi connectivity index (χ3n) is 3.69. The lowest BCUT2D eigenvalue weighted by atomic mass is 10.1. The number of nitro benzene ring substituents is 1. The minimum atomic E-state index is -0.550. The van der Waals surface area contributed by atoms with Crippen LogP contribution in [0.4, 0.5) is 5.69 Å². The molecule has 0 aliphatic heterocycles. The summed E-state index contributed by atoms with van der Waals surface area (Å²) >= 11 is 0. The minimum Gasteiger partial charge on any atom is -0.487 e. The lowest BCUT2D eigenvalue weighted by molar-refractivity contribution is -0.385. The number of ether oxygens (including phenoxy) is 1. The molecule has 0 aliphatic rings. The molecule has 0 aliphatic carbocycles. The Morgan fingerprint density at radius 3 is 2.38 bits per heavy atom. The zero-order valence-corrected chi connectivity index (χ0v) is 15.2. The lowest BCUT2D eigenvalue weighted by Crippen LogP contribution is -2.23. The van der Waals surface area contributed by atoms with Gasteiger partial charge in [0.15, 0.2) is 5.75 Å². The molecular weight excluding hydrogens is 334 g/mol. The van der Waals surface area contributed by atoms with Crippen LogP contribution in [0.15, 0.2) is 42.5 Å². The summed E-state index contributed by atoms with van der Waals surface area (Å²) < 4.78 is 5.22. The van der Waals surface area contributed by atoms with Crippen molar-refractivity contribution in [1.82, 2.24) is 10.2 Å². The average molecular weight is 357 g/mol. The highest BCUT2D eigenvalue weighted by molar-refractivity contribution is 5.95. The first-order chi connectivity index (χ1) is 12.4. The van der Waals surface area contributed by atoms with Crippen molar-refractivity contribution in [2.75, 3.05) is 20.7 Å². The molecule has 0 radical (unpaired) electrons. The Labute approximate surface area is 152 Å². The normalized spacial score (nSPS) is 10.6. The number of nitrogens with zero attached hydrogens (tertiary/aromatic N) is 2. The molecule has 138 valence electrons. The molecule has 0 fully saturated rings. The van der Waals surface area contributed by atoms with Crippen molar-refractivity contribution >= 4 is 11.6 Å². The second-order valence-corrected chi connectivity index (χ2v) is 6.11. The Balaban J connectivity index is 2.03. The van der Waals surface area contributed by atoms with Crippen LogP contribution >= 0.6 is 0 Å². The first kappa shape index (κ1) is 19.4. The Morgan fingerprint density at radius 1 is 1.15 bits per heavy atom. The van der Waals surface area contributed by atoms with Gasteiger partial charge >= 0.3 is 5.69 Å². The fourth-order valence-electron chi connectivity index (χ4n) is 2.49. The molecule has 0 aromatic heterocycles. The first-order valence-corrected chi connectivity index (χ1v) is 8.32. The summed E-state index contributed by atoms with van der Waals surface area (Å²) in [4.78, 5) is 25.0. The second kappa shape index (κ2) is 8.96. The predicted molar refractivity (Wildman–Crippen MR) is 99.3 cm³/mol. The molecule has 2 rings (SSSR count). The summed E-state index contributed by atoms with van der Waals surface area (Å²) in [6.07, 6.45) is 0. The molecule has 0 spiro atoms. The zero-order valence-electron chi connectivity index (χ0n) is 15.2. The fourth-order valence-corrected chi connectivity index (χ4v) is 2.49. The number of benzene rings is 2. The first-order valence-electron chi connectivity index (χ1n) is 8.32. The van der Waals surface area contributed by atoms with E-state index in [-0.39, 0.29) is 22.9 Å². The molecule has 2 aromatic carbocycles. The van der Waals surface area contributed by atoms with Gasteiger partial charge in [-0.05, 0) is 44.3 Å². The van der Waals surface area contributed by atoms with Gasteiger partial charge in [0.05, 0.1) is 11.5 Å². The molecule has 1 N–H and O–H groups in total. The van der Waals surface area contributed by atoms with Crippen LogP contribution in [0, 0.1) is 10.1 Å². The number of rotatable bonds is 8. The molecule has 0 bridgehead atoms. The van der Waals surface area contributed by atoms with E-state index in [1.807, 2.05) is 38.4 Å². The van der Waals surface area contributed by atoms with Gasteiger partial charge in [-0.1, -0.05) is 24.3 Å². The number of amides is 1. The Morgan fingerprint density at radius 2 is 1.81 bits per heavy atom. The van der Waals surface area contributed by atoms with E-state index in [4.69, 9.17) is 4.74 Å². The molecule has 2 aromatic rings. The van der Waals surface area contributed by atoms with Crippen LogP contribution < -0.4 is 10.1 Å². The number of nitro groups is 1. The minimum absolute atomic E-state index is 0.158. The van der Waals surface area contributed by atoms with E-state index < -0.39 is 4.92 Å². The van der Waals surface area contributed by atoms with Gasteiger partial charge in [0.2, 0.25) is 0 Å². The van der Waals surface area contributed by atoms with Crippen molar-refractivity contribution in [2.45, 2.75) is 20.0 Å². The van der Waals surface area contributed by atoms with Crippen LogP contribution in [0.2, 0.25) is 0 Å². The lowest BCUT2D eigenvalue weighted by Gasteiger charge is -2.11. The topological polar surface area (TPSA) is 84.7 Å². The molecule has 7 nitrogen and oxygen atoms in total. The van der Waals surface area contributed by atoms with Gasteiger partial charge < -0.3 is 15.0 Å². The quantitative estimate of drug-likeness (QED) is 0.580. The summed E-state index contributed by atoms with van der Waals surface area (Å²) in [5, 5.41) is 13.9. The van der Waals surface area contributed by atoms with E-state index in [1.54, 1.807) is 6.92 Å². The summed E-state index contributed by atoms with van der Waals surface area (Å²) in [7, 11) is 4.01. The third-order valence-corrected chi connectivity index (χ3v) is 3.69. The van der Waals surface area contributed by atoms with E-state index in [1.165, 1.54) is 23.8 Å². The molecule has 0 saturated carbocycles. The Hall–Kier alpha value is -2.93. The van der Waals surface area contributed by atoms with Crippen LogP contribution in [0.5, 0.6) is 5.75 Å². The average Bonchev–Trinajstić information content (AvgIpc) is 2.60. The van der Waals surface area contributed by atoms with Gasteiger partial charge in [0.1, 0.15) is 0 Å². The number of carbonyl (C=O) groups excluding carboxylic acids is 1. The maximum atomic E-state index is 12.3. The molecule has 1 amide bonds. The van der Waals surface area contributed by atoms with Gasteiger partial charge in [0.25, 0.3) is 5.91 Å². The van der Waals surface area contributed by atoms with E-state index in [9.17, 15) is 14.9 Å². The SMILES string of the molecule is CCOc1ccc(C(=O)NCc2ccc(CN(C)C)cc2)cc1[N+](=O)[O-]. The molecular formula is C19H23N3O4. The molecule has 0 saturated heterocycles. The number of nitrogens with one attached hydrogen (secondary N) is 1. The van der Waals surface area contributed by atoms with Gasteiger partial charge in [0, 0.05) is 24.7 Å². The van der Waals surface area contributed by atoms with E-state index >= 15 is 0 Å². The largest absolute Gasteiger partial charge is 0.487 e. The van der Waals surface area contributed by atoms with Crippen molar-refractivity contribution in [1.29, 1.82) is 0 Å². The maximum absolute atomic E-state index is 12.3. The van der Waals surface area contributed by atoms with Crippen molar-refractivity contribution < 1.29 is 14.5 Å². The fraction of sp³-hybridized carbons (Fsp3) is 0.316. The smallest absolute Gasteiger partial charge is 0.311 e. The van der Waals surface area contributed by atoms with E-state index in [2.05, 4.69) is 10.2 Å². The van der Waals surface area contributed by atoms with Crippen LogP contribution in [-0.2, 0) is 13.1 Å². The number of hydrogen-bond donors (Lipinski definition) is 1. The zero-order chi connectivity index (χ0) is 19.1. The highest BCUT2D eigenvalue weighted by Gasteiger charge is 2.18. The van der Waals surface area contributed by atoms with Crippen molar-refractivity contribution in [3.8, 4) is 5.75 Å². The van der Waals surface area contributed by atoms with Gasteiger partial charge in [-0.25, -0.2) is 0 Å². The monoisotopic (exact) mass is 357 g/mol. The van der Waals surface area contributed by atoms with Crippen molar-refractivity contribution in [3.05, 3.63) is 69.3 Å².